The Morgan fingerprint density at radius 2 is 1.62 bits per heavy atom. The normalized spacial score (nSPS) is 11.7. The number of benzene rings is 2. The fourth-order valence-electron chi connectivity index (χ4n) is 2.17. The van der Waals surface area contributed by atoms with Gasteiger partial charge in [-0.25, -0.2) is 4.39 Å². The molecule has 2 aromatic carbocycles. The standard InChI is InChI=1S/C15H11F4N5/c16-11-7-9(15(17,18)19)3-6-12(11)24-14(21)13(22-23-24)8-1-4-10(20)5-2-8/h1-7H,20-21H2. The number of anilines is 2. The molecule has 4 N–H and O–H groups in total. The molecule has 0 radical (unpaired) electrons. The van der Waals surface area contributed by atoms with Crippen molar-refractivity contribution in [1.29, 1.82) is 0 Å². The van der Waals surface area contributed by atoms with Gasteiger partial charge in [0.15, 0.2) is 5.82 Å². The minimum absolute atomic E-state index is 0.00145. The Balaban J connectivity index is 2.04. The van der Waals surface area contributed by atoms with Crippen LogP contribution in [0, 0.1) is 5.82 Å². The molecule has 0 bridgehead atoms. The molecule has 9 heteroatoms. The van der Waals surface area contributed by atoms with Gasteiger partial charge in [-0.3, -0.25) is 0 Å². The number of hydrogen-bond acceptors (Lipinski definition) is 4. The number of nitrogens with two attached hydrogens (primary N) is 2. The first-order chi connectivity index (χ1) is 11.3. The van der Waals surface area contributed by atoms with Gasteiger partial charge in [0.25, 0.3) is 0 Å². The molecule has 124 valence electrons. The van der Waals surface area contributed by atoms with Gasteiger partial charge >= 0.3 is 6.18 Å². The van der Waals surface area contributed by atoms with E-state index in [4.69, 9.17) is 11.5 Å². The second-order valence-electron chi connectivity index (χ2n) is 5.02. The van der Waals surface area contributed by atoms with Crippen LogP contribution >= 0.6 is 0 Å². The molecular weight excluding hydrogens is 326 g/mol. The molecule has 0 aliphatic carbocycles. The Bertz CT molecular complexity index is 884. The van der Waals surface area contributed by atoms with E-state index in [9.17, 15) is 17.6 Å². The van der Waals surface area contributed by atoms with Gasteiger partial charge in [-0.1, -0.05) is 17.3 Å². The monoisotopic (exact) mass is 337 g/mol. The Morgan fingerprint density at radius 3 is 2.21 bits per heavy atom. The molecule has 0 atom stereocenters. The third-order valence-corrected chi connectivity index (χ3v) is 3.39. The van der Waals surface area contributed by atoms with Crippen molar-refractivity contribution in [3.8, 4) is 16.9 Å². The van der Waals surface area contributed by atoms with Crippen molar-refractivity contribution >= 4 is 11.5 Å². The van der Waals surface area contributed by atoms with Crippen LogP contribution < -0.4 is 11.5 Å². The van der Waals surface area contributed by atoms with E-state index < -0.39 is 17.6 Å². The second kappa shape index (κ2) is 5.52. The molecule has 0 saturated heterocycles. The summed E-state index contributed by atoms with van der Waals surface area (Å²) in [6.45, 7) is 0. The highest BCUT2D eigenvalue weighted by Gasteiger charge is 2.31. The number of aromatic nitrogens is 3. The molecule has 3 aromatic rings. The molecule has 0 fully saturated rings. The number of halogens is 4. The maximum Gasteiger partial charge on any atom is 0.416 e. The number of alkyl halides is 3. The first-order valence-corrected chi connectivity index (χ1v) is 6.71. The summed E-state index contributed by atoms with van der Waals surface area (Å²) in [5, 5.41) is 7.59. The molecule has 0 unspecified atom stereocenters. The summed E-state index contributed by atoms with van der Waals surface area (Å²) in [5.41, 5.74) is 11.6. The third kappa shape index (κ3) is 2.75. The van der Waals surface area contributed by atoms with Crippen molar-refractivity contribution in [3.63, 3.8) is 0 Å². The summed E-state index contributed by atoms with van der Waals surface area (Å²) in [4.78, 5) is 0. The Labute approximate surface area is 133 Å². The predicted molar refractivity (Wildman–Crippen MR) is 80.6 cm³/mol. The van der Waals surface area contributed by atoms with E-state index in [-0.39, 0.29) is 17.2 Å². The molecule has 5 nitrogen and oxygen atoms in total. The Morgan fingerprint density at radius 1 is 0.958 bits per heavy atom. The summed E-state index contributed by atoms with van der Waals surface area (Å²) in [6, 6.07) is 8.67. The topological polar surface area (TPSA) is 82.8 Å². The van der Waals surface area contributed by atoms with Gasteiger partial charge in [-0.05, 0) is 30.3 Å². The first-order valence-electron chi connectivity index (χ1n) is 6.71. The zero-order valence-electron chi connectivity index (χ0n) is 12.0. The molecular formula is C15H11F4N5. The van der Waals surface area contributed by atoms with Crippen LogP contribution in [0.4, 0.5) is 29.1 Å². The van der Waals surface area contributed by atoms with Crippen LogP contribution in [-0.2, 0) is 6.18 Å². The van der Waals surface area contributed by atoms with Crippen LogP contribution in [0.3, 0.4) is 0 Å². The predicted octanol–water partition coefficient (Wildman–Crippen LogP) is 3.26. The summed E-state index contributed by atoms with van der Waals surface area (Å²) in [7, 11) is 0. The van der Waals surface area contributed by atoms with E-state index in [0.717, 1.165) is 16.8 Å². The lowest BCUT2D eigenvalue weighted by Crippen LogP contribution is -2.09. The van der Waals surface area contributed by atoms with E-state index in [1.165, 1.54) is 0 Å². The molecule has 24 heavy (non-hydrogen) atoms. The Hall–Kier alpha value is -3.10. The van der Waals surface area contributed by atoms with Crippen LogP contribution in [0.15, 0.2) is 42.5 Å². The number of nitrogen functional groups attached to an aromatic ring is 2. The lowest BCUT2D eigenvalue weighted by molar-refractivity contribution is -0.137. The second-order valence-corrected chi connectivity index (χ2v) is 5.02. The first kappa shape index (κ1) is 15.8. The molecule has 0 amide bonds. The van der Waals surface area contributed by atoms with Crippen LogP contribution in [0.1, 0.15) is 5.56 Å². The van der Waals surface area contributed by atoms with Gasteiger partial charge in [-0.2, -0.15) is 17.9 Å². The quantitative estimate of drug-likeness (QED) is 0.555. The molecule has 0 aliphatic heterocycles. The Kier molecular flexibility index (Phi) is 3.63. The zero-order valence-corrected chi connectivity index (χ0v) is 12.0. The van der Waals surface area contributed by atoms with Gasteiger partial charge in [0.1, 0.15) is 17.2 Å². The highest BCUT2D eigenvalue weighted by molar-refractivity contribution is 5.72. The maximum atomic E-state index is 14.1. The van der Waals surface area contributed by atoms with Crippen LogP contribution in [0.5, 0.6) is 0 Å². The molecule has 0 saturated carbocycles. The van der Waals surface area contributed by atoms with E-state index in [1.54, 1.807) is 24.3 Å². The third-order valence-electron chi connectivity index (χ3n) is 3.39. The summed E-state index contributed by atoms with van der Waals surface area (Å²) in [6.07, 6.45) is -4.64. The van der Waals surface area contributed by atoms with Gasteiger partial charge in [0.05, 0.1) is 5.56 Å². The average molecular weight is 337 g/mol. The molecule has 3 rings (SSSR count). The number of rotatable bonds is 2. The van der Waals surface area contributed by atoms with Crippen LogP contribution in [0.25, 0.3) is 16.9 Å². The van der Waals surface area contributed by atoms with E-state index in [1.807, 2.05) is 0 Å². The molecule has 1 aromatic heterocycles. The largest absolute Gasteiger partial charge is 0.416 e. The average Bonchev–Trinajstić information content (AvgIpc) is 2.89. The van der Waals surface area contributed by atoms with Gasteiger partial charge in [0, 0.05) is 11.3 Å². The van der Waals surface area contributed by atoms with Crippen LogP contribution in [0.2, 0.25) is 0 Å². The fraction of sp³-hybridized carbons (Fsp3) is 0.0667. The smallest absolute Gasteiger partial charge is 0.399 e. The molecule has 0 spiro atoms. The van der Waals surface area contributed by atoms with Gasteiger partial charge in [-0.15, -0.1) is 5.10 Å². The van der Waals surface area contributed by atoms with Crippen LogP contribution in [-0.4, -0.2) is 15.0 Å². The lowest BCUT2D eigenvalue weighted by atomic mass is 10.1. The summed E-state index contributed by atoms with van der Waals surface area (Å²) < 4.78 is 52.8. The zero-order chi connectivity index (χ0) is 17.5. The van der Waals surface area contributed by atoms with Gasteiger partial charge in [0.2, 0.25) is 0 Å². The van der Waals surface area contributed by atoms with Crippen molar-refractivity contribution < 1.29 is 17.6 Å². The van der Waals surface area contributed by atoms with Crippen molar-refractivity contribution in [2.24, 2.45) is 0 Å². The summed E-state index contributed by atoms with van der Waals surface area (Å²) in [5.74, 6) is -1.11. The fourth-order valence-corrected chi connectivity index (χ4v) is 2.17. The number of hydrogen-bond donors (Lipinski definition) is 2. The van der Waals surface area contributed by atoms with Crippen molar-refractivity contribution in [1.82, 2.24) is 15.0 Å². The summed E-state index contributed by atoms with van der Waals surface area (Å²) >= 11 is 0. The minimum Gasteiger partial charge on any atom is -0.399 e. The molecule has 1 heterocycles. The minimum atomic E-state index is -4.64. The van der Waals surface area contributed by atoms with Gasteiger partial charge < -0.3 is 11.5 Å². The van der Waals surface area contributed by atoms with Crippen molar-refractivity contribution in [2.45, 2.75) is 6.18 Å². The lowest BCUT2D eigenvalue weighted by Gasteiger charge is -2.09. The number of nitrogens with zero attached hydrogens (tertiary/aromatic N) is 3. The highest BCUT2D eigenvalue weighted by Crippen LogP contribution is 2.32. The van der Waals surface area contributed by atoms with E-state index >= 15 is 0 Å². The van der Waals surface area contributed by atoms with E-state index in [0.29, 0.717) is 17.3 Å². The van der Waals surface area contributed by atoms with Crippen molar-refractivity contribution in [3.05, 3.63) is 53.8 Å². The maximum absolute atomic E-state index is 14.1. The molecule has 0 aliphatic rings. The SMILES string of the molecule is Nc1ccc(-c2nnn(-c3ccc(C(F)(F)F)cc3F)c2N)cc1. The van der Waals surface area contributed by atoms with Crippen molar-refractivity contribution in [2.75, 3.05) is 11.5 Å². The highest BCUT2D eigenvalue weighted by atomic mass is 19.4. The van der Waals surface area contributed by atoms with E-state index in [2.05, 4.69) is 10.3 Å².